The molecule has 1 aliphatic rings. The second kappa shape index (κ2) is 4.30. The van der Waals surface area contributed by atoms with E-state index in [1.54, 1.807) is 10.7 Å². The van der Waals surface area contributed by atoms with E-state index in [2.05, 4.69) is 10.1 Å². The molecule has 0 aliphatic heterocycles. The molecule has 1 N–H and O–H groups in total. The van der Waals surface area contributed by atoms with Gasteiger partial charge >= 0.3 is 0 Å². The van der Waals surface area contributed by atoms with Crippen LogP contribution < -0.4 is 5.56 Å². The van der Waals surface area contributed by atoms with Crippen LogP contribution in [0.4, 0.5) is 8.78 Å². The van der Waals surface area contributed by atoms with Gasteiger partial charge in [-0.2, -0.15) is 5.10 Å². The monoisotopic (exact) mass is 287 g/mol. The molecule has 0 atom stereocenters. The Bertz CT molecular complexity index is 669. The number of hydrogen-bond donors (Lipinski definition) is 1. The zero-order valence-corrected chi connectivity index (χ0v) is 10.8. The normalized spacial score (nSPS) is 19.9. The summed E-state index contributed by atoms with van der Waals surface area (Å²) >= 11 is 5.82. The van der Waals surface area contributed by atoms with Crippen LogP contribution in [-0.4, -0.2) is 20.7 Å². The standard InChI is InChI=1S/C12H12ClF2N3O/c13-10-5-9-8(11(19)17-10)6-16-18(9)7-1-3-12(14,15)4-2-7/h5-7H,1-4H2,(H,17,19). The number of alkyl halides is 2. The molecule has 4 nitrogen and oxygen atoms in total. The Balaban J connectivity index is 2.00. The third kappa shape index (κ3) is 2.25. The van der Waals surface area contributed by atoms with Gasteiger partial charge < -0.3 is 4.98 Å². The molecule has 1 saturated carbocycles. The zero-order valence-electron chi connectivity index (χ0n) is 10.00. The lowest BCUT2D eigenvalue weighted by atomic mass is 9.92. The van der Waals surface area contributed by atoms with E-state index >= 15 is 0 Å². The molecule has 0 radical (unpaired) electrons. The number of aromatic nitrogens is 3. The van der Waals surface area contributed by atoms with Crippen molar-refractivity contribution in [3.63, 3.8) is 0 Å². The Labute approximate surface area is 112 Å². The highest BCUT2D eigenvalue weighted by Crippen LogP contribution is 2.39. The van der Waals surface area contributed by atoms with Gasteiger partial charge in [-0.25, -0.2) is 8.78 Å². The number of rotatable bonds is 1. The molecular weight excluding hydrogens is 276 g/mol. The van der Waals surface area contributed by atoms with Gasteiger partial charge in [-0.3, -0.25) is 9.48 Å². The van der Waals surface area contributed by atoms with Gasteiger partial charge in [0.15, 0.2) is 0 Å². The molecule has 0 spiro atoms. The topological polar surface area (TPSA) is 50.7 Å². The molecule has 2 aromatic rings. The molecule has 1 aliphatic carbocycles. The van der Waals surface area contributed by atoms with Crippen molar-refractivity contribution < 1.29 is 8.78 Å². The molecule has 0 amide bonds. The minimum atomic E-state index is -2.57. The fourth-order valence-electron chi connectivity index (χ4n) is 2.58. The predicted octanol–water partition coefficient (Wildman–Crippen LogP) is 3.13. The van der Waals surface area contributed by atoms with Gasteiger partial charge in [-0.05, 0) is 18.9 Å². The third-order valence-corrected chi connectivity index (χ3v) is 3.81. The predicted molar refractivity (Wildman–Crippen MR) is 67.8 cm³/mol. The first-order chi connectivity index (χ1) is 8.96. The quantitative estimate of drug-likeness (QED) is 0.819. The second-order valence-electron chi connectivity index (χ2n) is 4.92. The minimum absolute atomic E-state index is 0.102. The van der Waals surface area contributed by atoms with Crippen molar-refractivity contribution in [3.8, 4) is 0 Å². The molecule has 0 aromatic carbocycles. The second-order valence-corrected chi connectivity index (χ2v) is 5.33. The van der Waals surface area contributed by atoms with E-state index in [-0.39, 0.29) is 29.6 Å². The number of H-pyrrole nitrogens is 1. The van der Waals surface area contributed by atoms with Crippen LogP contribution in [0.3, 0.4) is 0 Å². The van der Waals surface area contributed by atoms with Crippen LogP contribution >= 0.6 is 11.6 Å². The zero-order chi connectivity index (χ0) is 13.6. The molecule has 19 heavy (non-hydrogen) atoms. The molecule has 2 heterocycles. The Hall–Kier alpha value is -1.43. The van der Waals surface area contributed by atoms with E-state index in [0.717, 1.165) is 0 Å². The highest BCUT2D eigenvalue weighted by molar-refractivity contribution is 6.29. The van der Waals surface area contributed by atoms with Gasteiger partial charge in [-0.15, -0.1) is 0 Å². The van der Waals surface area contributed by atoms with E-state index < -0.39 is 5.92 Å². The van der Waals surface area contributed by atoms with Crippen LogP contribution in [0.15, 0.2) is 17.1 Å². The maximum atomic E-state index is 13.2. The van der Waals surface area contributed by atoms with Crippen LogP contribution in [0.2, 0.25) is 5.15 Å². The van der Waals surface area contributed by atoms with Crippen LogP contribution in [0.1, 0.15) is 31.7 Å². The number of fused-ring (bicyclic) bond motifs is 1. The number of hydrogen-bond acceptors (Lipinski definition) is 2. The van der Waals surface area contributed by atoms with Gasteiger partial charge in [0.2, 0.25) is 5.92 Å². The van der Waals surface area contributed by atoms with E-state index in [9.17, 15) is 13.6 Å². The van der Waals surface area contributed by atoms with Gasteiger partial charge in [0.25, 0.3) is 5.56 Å². The summed E-state index contributed by atoms with van der Waals surface area (Å²) in [6, 6.07) is 1.51. The van der Waals surface area contributed by atoms with Crippen LogP contribution in [0, 0.1) is 0 Å². The first-order valence-corrected chi connectivity index (χ1v) is 6.48. The molecule has 102 valence electrons. The highest BCUT2D eigenvalue weighted by atomic mass is 35.5. The average molecular weight is 288 g/mol. The molecule has 7 heteroatoms. The SMILES string of the molecule is O=c1[nH]c(Cl)cc2c1cnn2C1CCC(F)(F)CC1. The summed E-state index contributed by atoms with van der Waals surface area (Å²) in [5.74, 6) is -2.57. The van der Waals surface area contributed by atoms with Crippen LogP contribution in [-0.2, 0) is 0 Å². The van der Waals surface area contributed by atoms with E-state index in [1.165, 1.54) is 6.20 Å². The summed E-state index contributed by atoms with van der Waals surface area (Å²) < 4.78 is 28.0. The largest absolute Gasteiger partial charge is 0.312 e. The molecule has 2 aromatic heterocycles. The van der Waals surface area contributed by atoms with Crippen molar-refractivity contribution in [2.24, 2.45) is 0 Å². The number of pyridine rings is 1. The minimum Gasteiger partial charge on any atom is -0.312 e. The lowest BCUT2D eigenvalue weighted by Gasteiger charge is -2.28. The van der Waals surface area contributed by atoms with Gasteiger partial charge in [0, 0.05) is 12.8 Å². The van der Waals surface area contributed by atoms with Gasteiger partial charge in [0.1, 0.15) is 5.15 Å². The lowest BCUT2D eigenvalue weighted by Crippen LogP contribution is -2.26. The van der Waals surface area contributed by atoms with Crippen molar-refractivity contribution in [1.29, 1.82) is 0 Å². The highest BCUT2D eigenvalue weighted by Gasteiger charge is 2.36. The van der Waals surface area contributed by atoms with Crippen LogP contribution in [0.5, 0.6) is 0 Å². The summed E-state index contributed by atoms with van der Waals surface area (Å²) in [5, 5.41) is 4.82. The van der Waals surface area contributed by atoms with Crippen molar-refractivity contribution in [2.45, 2.75) is 37.6 Å². The first kappa shape index (κ1) is 12.6. The third-order valence-electron chi connectivity index (χ3n) is 3.61. The van der Waals surface area contributed by atoms with Crippen LogP contribution in [0.25, 0.3) is 10.9 Å². The Morgan fingerprint density at radius 3 is 2.79 bits per heavy atom. The smallest absolute Gasteiger partial charge is 0.260 e. The van der Waals surface area contributed by atoms with Crippen molar-refractivity contribution in [3.05, 3.63) is 27.8 Å². The van der Waals surface area contributed by atoms with E-state index in [1.807, 2.05) is 0 Å². The molecular formula is C12H12ClF2N3O. The molecule has 0 bridgehead atoms. The van der Waals surface area contributed by atoms with Crippen molar-refractivity contribution in [2.75, 3.05) is 0 Å². The average Bonchev–Trinajstić information content (AvgIpc) is 2.73. The Kier molecular flexibility index (Phi) is 2.85. The summed E-state index contributed by atoms with van der Waals surface area (Å²) in [6.45, 7) is 0. The first-order valence-electron chi connectivity index (χ1n) is 6.10. The van der Waals surface area contributed by atoms with E-state index in [4.69, 9.17) is 11.6 Å². The Morgan fingerprint density at radius 1 is 1.42 bits per heavy atom. The molecule has 0 unspecified atom stereocenters. The maximum absolute atomic E-state index is 13.2. The van der Waals surface area contributed by atoms with Crippen molar-refractivity contribution >= 4 is 22.5 Å². The fourth-order valence-corrected chi connectivity index (χ4v) is 2.77. The van der Waals surface area contributed by atoms with Crippen molar-refractivity contribution in [1.82, 2.24) is 14.8 Å². The number of nitrogens with zero attached hydrogens (tertiary/aromatic N) is 2. The summed E-state index contributed by atoms with van der Waals surface area (Å²) in [7, 11) is 0. The number of halogens is 3. The Morgan fingerprint density at radius 2 is 2.11 bits per heavy atom. The number of aromatic amines is 1. The molecule has 3 rings (SSSR count). The summed E-state index contributed by atoms with van der Waals surface area (Å²) in [5.41, 5.74) is 0.291. The lowest BCUT2D eigenvalue weighted by molar-refractivity contribution is -0.0446. The summed E-state index contributed by atoms with van der Waals surface area (Å²) in [6.07, 6.45) is 1.88. The van der Waals surface area contributed by atoms with Gasteiger partial charge in [0.05, 0.1) is 23.1 Å². The van der Waals surface area contributed by atoms with Gasteiger partial charge in [-0.1, -0.05) is 11.6 Å². The molecule has 1 fully saturated rings. The maximum Gasteiger partial charge on any atom is 0.260 e. The number of nitrogens with one attached hydrogen (secondary N) is 1. The fraction of sp³-hybridized carbons (Fsp3) is 0.500. The summed E-state index contributed by atoms with van der Waals surface area (Å²) in [4.78, 5) is 14.2. The molecule has 0 saturated heterocycles. The van der Waals surface area contributed by atoms with E-state index in [0.29, 0.717) is 23.7 Å².